The predicted octanol–water partition coefficient (Wildman–Crippen LogP) is 1.94. The first-order valence-electron chi connectivity index (χ1n) is 8.23. The minimum absolute atomic E-state index is 0.235. The number of unbranched alkanes of at least 4 members (excludes halogenated alkanes) is 1. The van der Waals surface area contributed by atoms with Crippen molar-refractivity contribution in [1.82, 2.24) is 0 Å². The highest BCUT2D eigenvalue weighted by molar-refractivity contribution is 5.66. The fourth-order valence-electron chi connectivity index (χ4n) is 2.51. The molecule has 1 fully saturated rings. The van der Waals surface area contributed by atoms with E-state index in [1.165, 1.54) is 6.92 Å². The van der Waals surface area contributed by atoms with Gasteiger partial charge in [0.15, 0.2) is 6.10 Å². The van der Waals surface area contributed by atoms with Crippen molar-refractivity contribution in [2.45, 2.75) is 65.0 Å². The molecule has 0 aromatic carbocycles. The molecule has 0 amide bonds. The highest BCUT2D eigenvalue weighted by Crippen LogP contribution is 2.24. The smallest absolute Gasteiger partial charge is 0.303 e. The Labute approximate surface area is 133 Å². The lowest BCUT2D eigenvalue weighted by Crippen LogP contribution is -2.57. The summed E-state index contributed by atoms with van der Waals surface area (Å²) in [6.45, 7) is 9.90. The molecule has 0 bridgehead atoms. The zero-order chi connectivity index (χ0) is 16.4. The van der Waals surface area contributed by atoms with Crippen molar-refractivity contribution < 1.29 is 28.5 Å². The molecule has 0 spiro atoms. The summed E-state index contributed by atoms with van der Waals surface area (Å²) in [4.78, 5) is 11.4. The van der Waals surface area contributed by atoms with E-state index in [1.807, 2.05) is 13.8 Å². The summed E-state index contributed by atoms with van der Waals surface area (Å²) in [6, 6.07) is 0. The quantitative estimate of drug-likeness (QED) is 0.453. The standard InChI is InChI=1S/C16H30O6/c1-5-8-9-18-10-13-16(22-12(4)17)15(20-7-3)14(11-21-13)19-6-2/h13-16H,5-11H2,1-4H3/t13-,14+,15-,16-/m1/s1. The van der Waals surface area contributed by atoms with Gasteiger partial charge in [-0.25, -0.2) is 0 Å². The monoisotopic (exact) mass is 318 g/mol. The number of rotatable bonds is 10. The van der Waals surface area contributed by atoms with E-state index in [0.717, 1.165) is 12.8 Å². The summed E-state index contributed by atoms with van der Waals surface area (Å²) in [5.41, 5.74) is 0. The lowest BCUT2D eigenvalue weighted by Gasteiger charge is -2.41. The second kappa shape index (κ2) is 10.9. The average molecular weight is 318 g/mol. The molecule has 0 saturated carbocycles. The molecule has 1 aliphatic rings. The zero-order valence-electron chi connectivity index (χ0n) is 14.2. The molecular formula is C16H30O6. The van der Waals surface area contributed by atoms with E-state index in [4.69, 9.17) is 23.7 Å². The van der Waals surface area contributed by atoms with Crippen molar-refractivity contribution >= 4 is 5.97 Å². The van der Waals surface area contributed by atoms with Crippen LogP contribution in [0.15, 0.2) is 0 Å². The number of carbonyl (C=O) groups excluding carboxylic acids is 1. The Hall–Kier alpha value is -0.690. The van der Waals surface area contributed by atoms with Gasteiger partial charge in [0, 0.05) is 26.7 Å². The molecule has 22 heavy (non-hydrogen) atoms. The highest BCUT2D eigenvalue weighted by atomic mass is 16.6. The number of hydrogen-bond acceptors (Lipinski definition) is 6. The molecule has 6 heteroatoms. The molecule has 0 unspecified atom stereocenters. The van der Waals surface area contributed by atoms with E-state index in [2.05, 4.69) is 6.92 Å². The van der Waals surface area contributed by atoms with Crippen LogP contribution in [-0.4, -0.2) is 63.4 Å². The minimum atomic E-state index is -0.510. The van der Waals surface area contributed by atoms with Crippen LogP contribution in [0.2, 0.25) is 0 Å². The summed E-state index contributed by atoms with van der Waals surface area (Å²) < 4.78 is 28.3. The van der Waals surface area contributed by atoms with Crippen molar-refractivity contribution in [3.63, 3.8) is 0 Å². The van der Waals surface area contributed by atoms with E-state index in [0.29, 0.717) is 33.0 Å². The van der Waals surface area contributed by atoms with Gasteiger partial charge < -0.3 is 23.7 Å². The van der Waals surface area contributed by atoms with Gasteiger partial charge in [-0.2, -0.15) is 0 Å². The maximum absolute atomic E-state index is 11.4. The van der Waals surface area contributed by atoms with Crippen LogP contribution in [0.4, 0.5) is 0 Å². The van der Waals surface area contributed by atoms with E-state index >= 15 is 0 Å². The number of esters is 1. The maximum atomic E-state index is 11.4. The summed E-state index contributed by atoms with van der Waals surface area (Å²) >= 11 is 0. The van der Waals surface area contributed by atoms with Gasteiger partial charge in [0.25, 0.3) is 0 Å². The molecule has 1 aliphatic heterocycles. The lowest BCUT2D eigenvalue weighted by atomic mass is 9.99. The first-order valence-corrected chi connectivity index (χ1v) is 8.23. The van der Waals surface area contributed by atoms with E-state index < -0.39 is 6.10 Å². The lowest BCUT2D eigenvalue weighted by molar-refractivity contribution is -0.234. The molecule has 0 N–H and O–H groups in total. The maximum Gasteiger partial charge on any atom is 0.303 e. The Morgan fingerprint density at radius 1 is 1.14 bits per heavy atom. The van der Waals surface area contributed by atoms with Crippen LogP contribution in [0.1, 0.15) is 40.5 Å². The second-order valence-corrected chi connectivity index (χ2v) is 5.29. The predicted molar refractivity (Wildman–Crippen MR) is 81.8 cm³/mol. The Kier molecular flexibility index (Phi) is 9.63. The van der Waals surface area contributed by atoms with Gasteiger partial charge in [-0.05, 0) is 20.3 Å². The molecule has 1 saturated heterocycles. The van der Waals surface area contributed by atoms with Crippen LogP contribution in [-0.2, 0) is 28.5 Å². The molecule has 0 radical (unpaired) electrons. The summed E-state index contributed by atoms with van der Waals surface area (Å²) in [7, 11) is 0. The Morgan fingerprint density at radius 3 is 2.45 bits per heavy atom. The third-order valence-electron chi connectivity index (χ3n) is 3.50. The van der Waals surface area contributed by atoms with Crippen LogP contribution in [0.3, 0.4) is 0 Å². The van der Waals surface area contributed by atoms with E-state index in [1.54, 1.807) is 0 Å². The zero-order valence-corrected chi connectivity index (χ0v) is 14.2. The van der Waals surface area contributed by atoms with Gasteiger partial charge in [0.05, 0.1) is 13.2 Å². The highest BCUT2D eigenvalue weighted by Gasteiger charge is 2.44. The van der Waals surface area contributed by atoms with Gasteiger partial charge in [-0.15, -0.1) is 0 Å². The van der Waals surface area contributed by atoms with Crippen molar-refractivity contribution in [2.24, 2.45) is 0 Å². The fraction of sp³-hybridized carbons (Fsp3) is 0.938. The molecule has 4 atom stereocenters. The molecule has 0 aromatic rings. The first kappa shape index (κ1) is 19.4. The topological polar surface area (TPSA) is 63.2 Å². The van der Waals surface area contributed by atoms with Gasteiger partial charge in [-0.3, -0.25) is 4.79 Å². The Bertz CT molecular complexity index is 307. The third-order valence-corrected chi connectivity index (χ3v) is 3.50. The fourth-order valence-corrected chi connectivity index (χ4v) is 2.51. The SMILES string of the molecule is CCCCOC[C@H]1OC[C@H](OCC)[C@@H](OCC)[C@@H]1OC(C)=O. The van der Waals surface area contributed by atoms with E-state index in [9.17, 15) is 4.79 Å². The van der Waals surface area contributed by atoms with Crippen molar-refractivity contribution in [3.05, 3.63) is 0 Å². The Balaban J connectivity index is 2.71. The van der Waals surface area contributed by atoms with Crippen LogP contribution in [0.25, 0.3) is 0 Å². The number of hydrogen-bond donors (Lipinski definition) is 0. The van der Waals surface area contributed by atoms with Crippen LogP contribution in [0.5, 0.6) is 0 Å². The molecule has 0 aliphatic carbocycles. The molecule has 6 nitrogen and oxygen atoms in total. The van der Waals surface area contributed by atoms with Gasteiger partial charge in [0.2, 0.25) is 0 Å². The summed E-state index contributed by atoms with van der Waals surface area (Å²) in [6.07, 6.45) is 0.677. The largest absolute Gasteiger partial charge is 0.457 e. The summed E-state index contributed by atoms with van der Waals surface area (Å²) in [5, 5.41) is 0. The Morgan fingerprint density at radius 2 is 1.86 bits per heavy atom. The average Bonchev–Trinajstić information content (AvgIpc) is 2.48. The first-order chi connectivity index (χ1) is 10.6. The van der Waals surface area contributed by atoms with Gasteiger partial charge in [0.1, 0.15) is 18.3 Å². The summed E-state index contributed by atoms with van der Waals surface area (Å²) in [5.74, 6) is -0.353. The molecule has 1 rings (SSSR count). The normalized spacial score (nSPS) is 28.5. The second-order valence-electron chi connectivity index (χ2n) is 5.29. The van der Waals surface area contributed by atoms with Gasteiger partial charge >= 0.3 is 5.97 Å². The third kappa shape index (κ3) is 6.20. The van der Waals surface area contributed by atoms with Crippen molar-refractivity contribution in [3.8, 4) is 0 Å². The minimum Gasteiger partial charge on any atom is -0.457 e. The van der Waals surface area contributed by atoms with Crippen LogP contribution < -0.4 is 0 Å². The van der Waals surface area contributed by atoms with Crippen LogP contribution >= 0.6 is 0 Å². The van der Waals surface area contributed by atoms with E-state index in [-0.39, 0.29) is 24.3 Å². The molecular weight excluding hydrogens is 288 g/mol. The molecule has 1 heterocycles. The van der Waals surface area contributed by atoms with Crippen molar-refractivity contribution in [2.75, 3.05) is 33.0 Å². The molecule has 0 aromatic heterocycles. The molecule has 130 valence electrons. The number of carbonyl (C=O) groups is 1. The van der Waals surface area contributed by atoms with Crippen molar-refractivity contribution in [1.29, 1.82) is 0 Å². The number of ether oxygens (including phenoxy) is 5. The van der Waals surface area contributed by atoms with Gasteiger partial charge in [-0.1, -0.05) is 13.3 Å². The van der Waals surface area contributed by atoms with Crippen LogP contribution in [0, 0.1) is 0 Å².